The quantitative estimate of drug-likeness (QED) is 0.805. The van der Waals surface area contributed by atoms with E-state index in [-0.39, 0.29) is 5.91 Å². The van der Waals surface area contributed by atoms with Gasteiger partial charge < -0.3 is 11.1 Å². The predicted octanol–water partition coefficient (Wildman–Crippen LogP) is 2.76. The molecular weight excluding hydrogens is 300 g/mol. The Morgan fingerprint density at radius 1 is 1.33 bits per heavy atom. The summed E-state index contributed by atoms with van der Waals surface area (Å²) in [5.41, 5.74) is 6.30. The molecule has 0 aliphatic heterocycles. The summed E-state index contributed by atoms with van der Waals surface area (Å²) in [5.74, 6) is 5.91. The fourth-order valence-electron chi connectivity index (χ4n) is 1.84. The highest BCUT2D eigenvalue weighted by atomic mass is 32.1. The minimum Gasteiger partial charge on any atom is -0.351 e. The average Bonchev–Trinajstić information content (AvgIpc) is 3.14. The summed E-state index contributed by atoms with van der Waals surface area (Å²) in [7, 11) is 0. The van der Waals surface area contributed by atoms with Gasteiger partial charge in [0, 0.05) is 27.1 Å². The molecule has 0 radical (unpaired) electrons. The zero-order valence-electron chi connectivity index (χ0n) is 11.7. The summed E-state index contributed by atoms with van der Waals surface area (Å²) in [6, 6.07) is 6.15. The highest BCUT2D eigenvalue weighted by Crippen LogP contribution is 2.14. The number of amides is 1. The highest BCUT2D eigenvalue weighted by Gasteiger charge is 2.04. The van der Waals surface area contributed by atoms with Crippen molar-refractivity contribution < 1.29 is 4.79 Å². The molecule has 2 rings (SSSR count). The van der Waals surface area contributed by atoms with Gasteiger partial charge >= 0.3 is 0 Å². The Bertz CT molecular complexity index is 620. The van der Waals surface area contributed by atoms with Crippen molar-refractivity contribution in [3.05, 3.63) is 44.3 Å². The lowest BCUT2D eigenvalue weighted by atomic mass is 10.2. The van der Waals surface area contributed by atoms with Crippen LogP contribution < -0.4 is 11.1 Å². The Morgan fingerprint density at radius 2 is 2.24 bits per heavy atom. The Hall–Kier alpha value is -1.61. The Morgan fingerprint density at radius 3 is 3.00 bits per heavy atom. The van der Waals surface area contributed by atoms with Gasteiger partial charge in [0.1, 0.15) is 0 Å². The van der Waals surface area contributed by atoms with Crippen molar-refractivity contribution in [3.63, 3.8) is 0 Å². The molecule has 3 nitrogen and oxygen atoms in total. The van der Waals surface area contributed by atoms with Crippen molar-refractivity contribution in [1.29, 1.82) is 0 Å². The lowest BCUT2D eigenvalue weighted by Crippen LogP contribution is -2.21. The topological polar surface area (TPSA) is 55.1 Å². The van der Waals surface area contributed by atoms with Crippen LogP contribution in [0.15, 0.2) is 29.0 Å². The van der Waals surface area contributed by atoms with Gasteiger partial charge in [0.05, 0.1) is 13.1 Å². The van der Waals surface area contributed by atoms with Crippen molar-refractivity contribution >= 4 is 28.6 Å². The molecule has 1 amide bonds. The number of aryl methyl sites for hydroxylation is 1. The molecule has 110 valence electrons. The van der Waals surface area contributed by atoms with Gasteiger partial charge in [0.15, 0.2) is 0 Å². The molecule has 0 aliphatic carbocycles. The Labute approximate surface area is 133 Å². The molecule has 0 atom stereocenters. The number of rotatable bonds is 6. The number of hydrogen-bond donors (Lipinski definition) is 2. The molecule has 2 aromatic rings. The standard InChI is InChI=1S/C16H18N2OS2/c17-8-2-4-13-10-15(21-12-13)11-18-16(19)7-1-5-14-6-3-9-20-14/h3,6,9-10,12H,1,5,7-8,11,17H2,(H,18,19). The first-order valence-electron chi connectivity index (χ1n) is 6.83. The van der Waals surface area contributed by atoms with E-state index in [9.17, 15) is 4.79 Å². The van der Waals surface area contributed by atoms with Crippen LogP contribution in [0.2, 0.25) is 0 Å². The molecule has 2 aromatic heterocycles. The number of carbonyl (C=O) groups excluding carboxylic acids is 1. The van der Waals surface area contributed by atoms with Gasteiger partial charge in [-0.05, 0) is 30.4 Å². The third kappa shape index (κ3) is 5.72. The first-order valence-corrected chi connectivity index (χ1v) is 8.59. The lowest BCUT2D eigenvalue weighted by Gasteiger charge is -2.03. The second-order valence-corrected chi connectivity index (χ2v) is 6.55. The summed E-state index contributed by atoms with van der Waals surface area (Å²) < 4.78 is 0. The fraction of sp³-hybridized carbons (Fsp3) is 0.312. The van der Waals surface area contributed by atoms with Crippen LogP contribution in [0.5, 0.6) is 0 Å². The third-order valence-electron chi connectivity index (χ3n) is 2.86. The van der Waals surface area contributed by atoms with E-state index in [2.05, 4.69) is 28.6 Å². The van der Waals surface area contributed by atoms with Gasteiger partial charge in [-0.2, -0.15) is 0 Å². The second-order valence-electron chi connectivity index (χ2n) is 4.52. The zero-order chi connectivity index (χ0) is 14.9. The minimum absolute atomic E-state index is 0.106. The molecule has 0 saturated heterocycles. The molecule has 3 N–H and O–H groups in total. The van der Waals surface area contributed by atoms with Crippen LogP contribution >= 0.6 is 22.7 Å². The fourth-order valence-corrected chi connectivity index (χ4v) is 3.35. The van der Waals surface area contributed by atoms with E-state index in [0.29, 0.717) is 19.5 Å². The maximum Gasteiger partial charge on any atom is 0.220 e. The van der Waals surface area contributed by atoms with E-state index in [1.807, 2.05) is 17.5 Å². The van der Waals surface area contributed by atoms with Crippen LogP contribution in [0.25, 0.3) is 0 Å². The van der Waals surface area contributed by atoms with Gasteiger partial charge in [-0.1, -0.05) is 17.9 Å². The maximum absolute atomic E-state index is 11.8. The monoisotopic (exact) mass is 318 g/mol. The van der Waals surface area contributed by atoms with Crippen LogP contribution in [0.3, 0.4) is 0 Å². The summed E-state index contributed by atoms with van der Waals surface area (Å²) >= 11 is 3.35. The first-order chi connectivity index (χ1) is 10.3. The zero-order valence-corrected chi connectivity index (χ0v) is 13.4. The van der Waals surface area contributed by atoms with Crippen LogP contribution in [-0.4, -0.2) is 12.5 Å². The summed E-state index contributed by atoms with van der Waals surface area (Å²) in [6.07, 6.45) is 2.44. The second kappa shape index (κ2) is 8.63. The van der Waals surface area contributed by atoms with Crippen molar-refractivity contribution in [1.82, 2.24) is 5.32 Å². The lowest BCUT2D eigenvalue weighted by molar-refractivity contribution is -0.121. The van der Waals surface area contributed by atoms with E-state index in [1.165, 1.54) is 4.88 Å². The van der Waals surface area contributed by atoms with Crippen LogP contribution in [0.4, 0.5) is 0 Å². The van der Waals surface area contributed by atoms with E-state index in [4.69, 9.17) is 5.73 Å². The van der Waals surface area contributed by atoms with Gasteiger partial charge in [0.25, 0.3) is 0 Å². The van der Waals surface area contributed by atoms with Gasteiger partial charge in [-0.15, -0.1) is 22.7 Å². The maximum atomic E-state index is 11.8. The molecular formula is C16H18N2OS2. The third-order valence-corrected chi connectivity index (χ3v) is 4.73. The van der Waals surface area contributed by atoms with Gasteiger partial charge in [0.2, 0.25) is 5.91 Å². The van der Waals surface area contributed by atoms with Crippen molar-refractivity contribution in [2.24, 2.45) is 5.73 Å². The molecule has 0 saturated carbocycles. The van der Waals surface area contributed by atoms with Crippen molar-refractivity contribution in [3.8, 4) is 11.8 Å². The first kappa shape index (κ1) is 15.8. The molecule has 0 fully saturated rings. The SMILES string of the molecule is NCC#Cc1csc(CNC(=O)CCCc2cccs2)c1. The number of thiophene rings is 2. The molecule has 21 heavy (non-hydrogen) atoms. The number of carbonyl (C=O) groups is 1. The summed E-state index contributed by atoms with van der Waals surface area (Å²) in [4.78, 5) is 14.2. The van der Waals surface area contributed by atoms with Crippen LogP contribution in [0, 0.1) is 11.8 Å². The summed E-state index contributed by atoms with van der Waals surface area (Å²) in [5, 5.41) is 7.00. The van der Waals surface area contributed by atoms with Crippen LogP contribution in [-0.2, 0) is 17.8 Å². The van der Waals surface area contributed by atoms with E-state index in [1.54, 1.807) is 22.7 Å². The molecule has 5 heteroatoms. The predicted molar refractivity (Wildman–Crippen MR) is 89.4 cm³/mol. The van der Waals surface area contributed by atoms with Crippen molar-refractivity contribution in [2.75, 3.05) is 6.54 Å². The van der Waals surface area contributed by atoms with E-state index < -0.39 is 0 Å². The average molecular weight is 318 g/mol. The van der Waals surface area contributed by atoms with E-state index >= 15 is 0 Å². The molecule has 0 aromatic carbocycles. The van der Waals surface area contributed by atoms with Crippen molar-refractivity contribution in [2.45, 2.75) is 25.8 Å². The van der Waals surface area contributed by atoms with Gasteiger partial charge in [-0.25, -0.2) is 0 Å². The number of nitrogens with one attached hydrogen (secondary N) is 1. The Kier molecular flexibility index (Phi) is 6.48. The van der Waals surface area contributed by atoms with Crippen LogP contribution in [0.1, 0.15) is 28.2 Å². The molecule has 2 heterocycles. The normalized spacial score (nSPS) is 9.95. The van der Waals surface area contributed by atoms with Gasteiger partial charge in [-0.3, -0.25) is 4.79 Å². The largest absolute Gasteiger partial charge is 0.351 e. The molecule has 0 aliphatic rings. The highest BCUT2D eigenvalue weighted by molar-refractivity contribution is 7.10. The molecule has 0 bridgehead atoms. The number of nitrogens with two attached hydrogens (primary N) is 1. The molecule has 0 unspecified atom stereocenters. The smallest absolute Gasteiger partial charge is 0.220 e. The minimum atomic E-state index is 0.106. The molecule has 0 spiro atoms. The Balaban J connectivity index is 1.67. The number of hydrogen-bond acceptors (Lipinski definition) is 4. The summed E-state index contributed by atoms with van der Waals surface area (Å²) in [6.45, 7) is 0.943. The van der Waals surface area contributed by atoms with E-state index in [0.717, 1.165) is 23.3 Å².